The van der Waals surface area contributed by atoms with Crippen molar-refractivity contribution in [3.05, 3.63) is 71.8 Å². The zero-order valence-corrected chi connectivity index (χ0v) is 20.2. The number of hydrogen-bond donors (Lipinski definition) is 6. The number of hydrogen-bond acceptors (Lipinski definition) is 6. The van der Waals surface area contributed by atoms with Gasteiger partial charge in [-0.2, -0.15) is 0 Å². The lowest BCUT2D eigenvalue weighted by atomic mass is 10.0. The Kier molecular flexibility index (Phi) is 9.15. The minimum absolute atomic E-state index is 0.0870. The highest BCUT2D eigenvalue weighted by Gasteiger charge is 2.37. The van der Waals surface area contributed by atoms with E-state index in [0.717, 1.165) is 11.1 Å². The van der Waals surface area contributed by atoms with Crippen LogP contribution in [0.4, 0.5) is 0 Å². The lowest BCUT2D eigenvalue weighted by Crippen LogP contribution is -2.65. The van der Waals surface area contributed by atoms with Crippen LogP contribution < -0.4 is 21.3 Å². The maximum Gasteiger partial charge on any atom is 0.245 e. The predicted molar refractivity (Wildman–Crippen MR) is 131 cm³/mol. The number of carbonyl (C=O) groups excluding carboxylic acids is 4. The van der Waals surface area contributed by atoms with E-state index >= 15 is 0 Å². The zero-order valence-electron chi connectivity index (χ0n) is 20.2. The smallest absolute Gasteiger partial charge is 0.245 e. The summed E-state index contributed by atoms with van der Waals surface area (Å²) in [5, 5.41) is 30.7. The van der Waals surface area contributed by atoms with Crippen LogP contribution in [0.1, 0.15) is 25.0 Å². The molecule has 0 aromatic heterocycles. The Morgan fingerprint density at radius 1 is 0.583 bits per heavy atom. The Morgan fingerprint density at radius 3 is 1.22 bits per heavy atom. The minimum atomic E-state index is -1.37. The summed E-state index contributed by atoms with van der Waals surface area (Å²) in [7, 11) is 0. The molecule has 0 spiro atoms. The topological polar surface area (TPSA) is 157 Å². The Balaban J connectivity index is 1.95. The Morgan fingerprint density at radius 2 is 0.917 bits per heavy atom. The highest BCUT2D eigenvalue weighted by molar-refractivity contribution is 5.98. The molecule has 3 rings (SSSR count). The summed E-state index contributed by atoms with van der Waals surface area (Å²) < 4.78 is 0. The second kappa shape index (κ2) is 12.3. The van der Waals surface area contributed by atoms with E-state index < -0.39 is 60.0 Å². The third kappa shape index (κ3) is 7.12. The van der Waals surface area contributed by atoms with E-state index in [4.69, 9.17) is 0 Å². The second-order valence-corrected chi connectivity index (χ2v) is 8.96. The molecule has 0 aliphatic carbocycles. The molecular formula is C26H32N4O6. The van der Waals surface area contributed by atoms with Crippen molar-refractivity contribution in [1.82, 2.24) is 21.3 Å². The largest absolute Gasteiger partial charge is 0.391 e. The van der Waals surface area contributed by atoms with Crippen LogP contribution in [0.15, 0.2) is 60.7 Å². The molecule has 6 N–H and O–H groups in total. The van der Waals surface area contributed by atoms with Gasteiger partial charge in [-0.3, -0.25) is 19.2 Å². The summed E-state index contributed by atoms with van der Waals surface area (Å²) in [5.41, 5.74) is 1.48. The van der Waals surface area contributed by atoms with Crippen LogP contribution in [0.5, 0.6) is 0 Å². The van der Waals surface area contributed by atoms with Crippen molar-refractivity contribution < 1.29 is 29.4 Å². The lowest BCUT2D eigenvalue weighted by molar-refractivity contribution is -0.139. The summed E-state index contributed by atoms with van der Waals surface area (Å²) in [6, 6.07) is 12.8. The van der Waals surface area contributed by atoms with Crippen LogP contribution in [0, 0.1) is 0 Å². The number of aliphatic hydroxyl groups is 2. The molecule has 0 saturated carbocycles. The monoisotopic (exact) mass is 496 g/mol. The average molecular weight is 497 g/mol. The van der Waals surface area contributed by atoms with E-state index in [0.29, 0.717) is 0 Å². The molecule has 36 heavy (non-hydrogen) atoms. The number of amides is 4. The predicted octanol–water partition coefficient (Wildman–Crippen LogP) is -0.814. The van der Waals surface area contributed by atoms with Crippen LogP contribution in [-0.4, -0.2) is 70.2 Å². The molecule has 192 valence electrons. The van der Waals surface area contributed by atoms with Gasteiger partial charge in [0.1, 0.15) is 24.2 Å². The van der Waals surface area contributed by atoms with E-state index in [1.54, 1.807) is 48.5 Å². The fraction of sp³-hybridized carbons (Fsp3) is 0.385. The van der Waals surface area contributed by atoms with Crippen molar-refractivity contribution in [3.63, 3.8) is 0 Å². The molecule has 1 fully saturated rings. The zero-order chi connectivity index (χ0) is 26.2. The molecule has 1 heterocycles. The molecule has 1 saturated heterocycles. The number of carbonyl (C=O) groups is 4. The van der Waals surface area contributed by atoms with Crippen LogP contribution in [-0.2, 0) is 32.0 Å². The van der Waals surface area contributed by atoms with Crippen LogP contribution in [0.25, 0.3) is 0 Å². The quantitative estimate of drug-likeness (QED) is 0.307. The maximum absolute atomic E-state index is 13.2. The summed E-state index contributed by atoms with van der Waals surface area (Å²) in [5.74, 6) is -2.89. The molecule has 10 heteroatoms. The lowest BCUT2D eigenvalue weighted by Gasteiger charge is -2.31. The van der Waals surface area contributed by atoms with E-state index in [-0.39, 0.29) is 12.8 Å². The van der Waals surface area contributed by atoms with E-state index in [1.807, 2.05) is 12.1 Å². The van der Waals surface area contributed by atoms with Crippen molar-refractivity contribution in [2.24, 2.45) is 0 Å². The molecule has 0 radical (unpaired) electrons. The van der Waals surface area contributed by atoms with E-state index in [1.165, 1.54) is 13.8 Å². The van der Waals surface area contributed by atoms with Crippen molar-refractivity contribution in [2.75, 3.05) is 0 Å². The van der Waals surface area contributed by atoms with Crippen molar-refractivity contribution in [1.29, 1.82) is 0 Å². The highest BCUT2D eigenvalue weighted by Crippen LogP contribution is 2.09. The van der Waals surface area contributed by atoms with Gasteiger partial charge in [0.05, 0.1) is 12.2 Å². The molecule has 6 atom stereocenters. The van der Waals surface area contributed by atoms with Gasteiger partial charge in [0.25, 0.3) is 0 Å². The minimum Gasteiger partial charge on any atom is -0.391 e. The highest BCUT2D eigenvalue weighted by atomic mass is 16.3. The number of rotatable bonds is 6. The fourth-order valence-corrected chi connectivity index (χ4v) is 3.96. The molecule has 2 aromatic carbocycles. The normalized spacial score (nSPS) is 25.2. The SMILES string of the molecule is CC(O)C1NC(=O)C(Cc2ccccc2)NC(=O)C(C(C)O)NC(=O)C(Cc2ccccc2)NC1=O. The number of nitrogens with one attached hydrogen (secondary N) is 4. The maximum atomic E-state index is 13.2. The molecule has 10 nitrogen and oxygen atoms in total. The third-order valence-electron chi connectivity index (χ3n) is 5.96. The molecule has 1 aliphatic rings. The van der Waals surface area contributed by atoms with Gasteiger partial charge in [0.2, 0.25) is 23.6 Å². The standard InChI is InChI=1S/C26H32N4O6/c1-15(31)21-25(35)27-20(14-18-11-7-4-8-12-18)24(34)30-22(16(2)32)26(36)28-19(23(33)29-21)13-17-9-5-3-6-10-17/h3-12,15-16,19-22,31-32H,13-14H2,1-2H3,(H,27,35)(H,28,36)(H,29,33)(H,30,34). The average Bonchev–Trinajstić information content (AvgIpc) is 2.84. The van der Waals surface area contributed by atoms with Gasteiger partial charge in [0.15, 0.2) is 0 Å². The van der Waals surface area contributed by atoms with Crippen molar-refractivity contribution >= 4 is 23.6 Å². The second-order valence-electron chi connectivity index (χ2n) is 8.96. The fourth-order valence-electron chi connectivity index (χ4n) is 3.96. The van der Waals surface area contributed by atoms with Crippen LogP contribution in [0.2, 0.25) is 0 Å². The van der Waals surface area contributed by atoms with Crippen molar-refractivity contribution in [2.45, 2.75) is 63.1 Å². The van der Waals surface area contributed by atoms with Gasteiger partial charge in [-0.15, -0.1) is 0 Å². The van der Waals surface area contributed by atoms with Crippen molar-refractivity contribution in [3.8, 4) is 0 Å². The van der Waals surface area contributed by atoms with Gasteiger partial charge >= 0.3 is 0 Å². The van der Waals surface area contributed by atoms with E-state index in [2.05, 4.69) is 21.3 Å². The summed E-state index contributed by atoms with van der Waals surface area (Å²) in [6.45, 7) is 2.69. The van der Waals surface area contributed by atoms with Gasteiger partial charge in [-0.1, -0.05) is 60.7 Å². The first-order chi connectivity index (χ1) is 17.2. The molecule has 2 aromatic rings. The third-order valence-corrected chi connectivity index (χ3v) is 5.96. The molecule has 4 amide bonds. The Bertz CT molecular complexity index is 975. The van der Waals surface area contributed by atoms with E-state index in [9.17, 15) is 29.4 Å². The van der Waals surface area contributed by atoms with Gasteiger partial charge in [0, 0.05) is 12.8 Å². The summed E-state index contributed by atoms with van der Waals surface area (Å²) in [6.07, 6.45) is -2.39. The van der Waals surface area contributed by atoms with Crippen LogP contribution >= 0.6 is 0 Å². The molecule has 1 aliphatic heterocycles. The number of benzene rings is 2. The van der Waals surface area contributed by atoms with Gasteiger partial charge in [-0.25, -0.2) is 0 Å². The first kappa shape index (κ1) is 26.8. The number of aliphatic hydroxyl groups excluding tert-OH is 2. The summed E-state index contributed by atoms with van der Waals surface area (Å²) >= 11 is 0. The van der Waals surface area contributed by atoms with Crippen LogP contribution in [0.3, 0.4) is 0 Å². The first-order valence-electron chi connectivity index (χ1n) is 11.8. The molecule has 0 bridgehead atoms. The first-order valence-corrected chi connectivity index (χ1v) is 11.8. The molecular weight excluding hydrogens is 464 g/mol. The molecule has 6 unspecified atom stereocenters. The van der Waals surface area contributed by atoms with Gasteiger partial charge < -0.3 is 31.5 Å². The Labute approximate surface area is 209 Å². The van der Waals surface area contributed by atoms with Gasteiger partial charge in [-0.05, 0) is 25.0 Å². The Hall–Kier alpha value is -3.76. The summed E-state index contributed by atoms with van der Waals surface area (Å²) in [4.78, 5) is 52.6.